The molecule has 1 N–H and O–H groups in total. The normalized spacial score (nSPS) is 23.4. The van der Waals surface area contributed by atoms with Gasteiger partial charge < -0.3 is 19.7 Å². The molecule has 1 unspecified atom stereocenters. The van der Waals surface area contributed by atoms with Gasteiger partial charge in [0.2, 0.25) is 0 Å². The highest BCUT2D eigenvalue weighted by atomic mass is 32.1. The Morgan fingerprint density at radius 3 is 2.63 bits per heavy atom. The minimum Gasteiger partial charge on any atom is -0.359 e. The third kappa shape index (κ3) is 3.54. The van der Waals surface area contributed by atoms with E-state index >= 15 is 0 Å². The second-order valence-electron chi connectivity index (χ2n) is 9.04. The Labute approximate surface area is 187 Å². The lowest BCUT2D eigenvalue weighted by Crippen LogP contribution is -2.56. The van der Waals surface area contributed by atoms with Gasteiger partial charge >= 0.3 is 0 Å². The summed E-state index contributed by atoms with van der Waals surface area (Å²) in [5.74, 6) is 0.569. The van der Waals surface area contributed by atoms with Gasteiger partial charge in [-0.15, -0.1) is 0 Å². The lowest BCUT2D eigenvalue weighted by Gasteiger charge is -2.46. The number of aromatic nitrogens is 1. The van der Waals surface area contributed by atoms with Crippen molar-refractivity contribution in [2.75, 3.05) is 26.7 Å². The van der Waals surface area contributed by atoms with Crippen LogP contribution in [0.3, 0.4) is 0 Å². The molecule has 2 aliphatic rings. The Morgan fingerprint density at radius 1 is 1.20 bits per heavy atom. The first-order chi connectivity index (χ1) is 14.5. The molecular weight excluding hydrogens is 388 g/mol. The molecule has 3 atom stereocenters. The maximum atomic E-state index is 5.73. The summed E-state index contributed by atoms with van der Waals surface area (Å²) in [5, 5.41) is 6.17. The van der Waals surface area contributed by atoms with E-state index in [0.717, 1.165) is 44.1 Å². The maximum Gasteiger partial charge on any atom is 0.169 e. The van der Waals surface area contributed by atoms with Crippen LogP contribution in [0, 0.1) is 0 Å². The molecule has 1 aliphatic carbocycles. The standard InChI is InChI=1S/C25H38N4S/c1-6-13-29-21(7-2)20-15-23-19(18-11-10-12-22(29)24(18)20)14-17(16-27(23)5)26-25(30)28(8-3)9-4/h10-12,17,19,23H,6-9,13-16H2,1-5H3,(H,26,30)/t17-,19?,23+/m0/s1. The average molecular weight is 427 g/mol. The number of nitrogens with zero attached hydrogens (tertiary/aromatic N) is 3. The van der Waals surface area contributed by atoms with E-state index in [1.165, 1.54) is 18.4 Å². The fraction of sp³-hybridized carbons (Fsp3) is 0.640. The van der Waals surface area contributed by atoms with Gasteiger partial charge in [0.25, 0.3) is 0 Å². The Balaban J connectivity index is 1.70. The Kier molecular flexibility index (Phi) is 6.40. The summed E-state index contributed by atoms with van der Waals surface area (Å²) in [6.07, 6.45) is 4.64. The Hall–Kier alpha value is -1.59. The van der Waals surface area contributed by atoms with Crippen LogP contribution in [-0.4, -0.2) is 58.2 Å². The summed E-state index contributed by atoms with van der Waals surface area (Å²) < 4.78 is 2.61. The van der Waals surface area contributed by atoms with Crippen molar-refractivity contribution < 1.29 is 0 Å². The van der Waals surface area contributed by atoms with Crippen LogP contribution in [0.15, 0.2) is 18.2 Å². The molecule has 1 aromatic carbocycles. The highest BCUT2D eigenvalue weighted by Gasteiger charge is 2.41. The summed E-state index contributed by atoms with van der Waals surface area (Å²) in [6, 6.07) is 8.02. The van der Waals surface area contributed by atoms with Gasteiger partial charge in [0.1, 0.15) is 0 Å². The second-order valence-corrected chi connectivity index (χ2v) is 9.43. The summed E-state index contributed by atoms with van der Waals surface area (Å²) in [4.78, 5) is 4.84. The van der Waals surface area contributed by atoms with E-state index in [-0.39, 0.29) is 0 Å². The third-order valence-corrected chi connectivity index (χ3v) is 7.77. The van der Waals surface area contributed by atoms with Crippen molar-refractivity contribution >= 4 is 28.2 Å². The first kappa shape index (κ1) is 21.6. The van der Waals surface area contributed by atoms with E-state index in [2.05, 4.69) is 72.6 Å². The zero-order chi connectivity index (χ0) is 21.4. The Morgan fingerprint density at radius 2 is 1.97 bits per heavy atom. The van der Waals surface area contributed by atoms with Crippen molar-refractivity contribution in [3.8, 4) is 0 Å². The van der Waals surface area contributed by atoms with Gasteiger partial charge in [-0.05, 0) is 76.0 Å². The predicted molar refractivity (Wildman–Crippen MR) is 132 cm³/mol. The van der Waals surface area contributed by atoms with E-state index in [1.807, 2.05) is 0 Å². The van der Waals surface area contributed by atoms with E-state index in [0.29, 0.717) is 18.0 Å². The van der Waals surface area contributed by atoms with Crippen LogP contribution < -0.4 is 5.32 Å². The molecule has 0 radical (unpaired) electrons. The van der Waals surface area contributed by atoms with Gasteiger partial charge in [0, 0.05) is 60.8 Å². The number of likely N-dealkylation sites (N-methyl/N-ethyl adjacent to an activating group) is 1. The van der Waals surface area contributed by atoms with Crippen LogP contribution in [0.2, 0.25) is 0 Å². The molecule has 0 amide bonds. The first-order valence-electron chi connectivity index (χ1n) is 11.9. The van der Waals surface area contributed by atoms with Crippen LogP contribution in [0.5, 0.6) is 0 Å². The molecule has 1 aliphatic heterocycles. The predicted octanol–water partition coefficient (Wildman–Crippen LogP) is 4.54. The number of hydrogen-bond donors (Lipinski definition) is 1. The minimum atomic E-state index is 0.407. The number of rotatable bonds is 6. The summed E-state index contributed by atoms with van der Waals surface area (Å²) in [5.41, 5.74) is 6.20. The van der Waals surface area contributed by atoms with E-state index < -0.39 is 0 Å². The van der Waals surface area contributed by atoms with Crippen LogP contribution in [0.1, 0.15) is 63.3 Å². The van der Waals surface area contributed by atoms with Crippen molar-refractivity contribution in [2.45, 2.75) is 77.9 Å². The minimum absolute atomic E-state index is 0.407. The number of benzene rings is 1. The lowest BCUT2D eigenvalue weighted by atomic mass is 9.73. The summed E-state index contributed by atoms with van der Waals surface area (Å²) in [6.45, 7) is 13.1. The van der Waals surface area contributed by atoms with E-state index in [1.54, 1.807) is 22.2 Å². The highest BCUT2D eigenvalue weighted by Crippen LogP contribution is 2.45. The summed E-state index contributed by atoms with van der Waals surface area (Å²) in [7, 11) is 2.31. The molecule has 2 heterocycles. The molecule has 1 aromatic heterocycles. The number of fused-ring (bicyclic) bond motifs is 2. The van der Waals surface area contributed by atoms with Crippen molar-refractivity contribution in [1.29, 1.82) is 0 Å². The third-order valence-electron chi connectivity index (χ3n) is 7.39. The van der Waals surface area contributed by atoms with Gasteiger partial charge in [0.05, 0.1) is 0 Å². The number of hydrogen-bond acceptors (Lipinski definition) is 2. The van der Waals surface area contributed by atoms with Gasteiger partial charge in [-0.3, -0.25) is 0 Å². The van der Waals surface area contributed by atoms with Gasteiger partial charge in [-0.2, -0.15) is 0 Å². The summed E-state index contributed by atoms with van der Waals surface area (Å²) >= 11 is 5.73. The zero-order valence-corrected chi connectivity index (χ0v) is 20.2. The second kappa shape index (κ2) is 8.88. The largest absolute Gasteiger partial charge is 0.359 e. The van der Waals surface area contributed by atoms with Crippen LogP contribution >= 0.6 is 12.2 Å². The smallest absolute Gasteiger partial charge is 0.169 e. The number of nitrogens with one attached hydrogen (secondary N) is 1. The molecule has 0 bridgehead atoms. The molecule has 30 heavy (non-hydrogen) atoms. The van der Waals surface area contributed by atoms with E-state index in [9.17, 15) is 0 Å². The quantitative estimate of drug-likeness (QED) is 0.685. The molecule has 164 valence electrons. The van der Waals surface area contributed by atoms with Crippen molar-refractivity contribution in [3.63, 3.8) is 0 Å². The van der Waals surface area contributed by atoms with Crippen LogP contribution in [-0.2, 0) is 19.4 Å². The van der Waals surface area contributed by atoms with Crippen molar-refractivity contribution in [1.82, 2.24) is 19.7 Å². The fourth-order valence-corrected chi connectivity index (χ4v) is 6.45. The number of likely N-dealkylation sites (tertiary alicyclic amines) is 1. The molecule has 0 spiro atoms. The van der Waals surface area contributed by atoms with E-state index in [4.69, 9.17) is 12.2 Å². The fourth-order valence-electron chi connectivity index (χ4n) is 6.03. The molecular formula is C25H38N4S. The average Bonchev–Trinajstić information content (AvgIpc) is 3.04. The molecule has 1 fully saturated rings. The number of thiocarbonyl (C=S) groups is 1. The monoisotopic (exact) mass is 426 g/mol. The SMILES string of the molecule is CCCn1c(CC)c2c3c(cccc31)C1C[C@H](NC(=S)N(CC)CC)CN(C)[C@@H]1C2. The Bertz CT molecular complexity index is 913. The molecule has 2 aromatic rings. The van der Waals surface area contributed by atoms with Crippen molar-refractivity contribution in [2.24, 2.45) is 0 Å². The lowest BCUT2D eigenvalue weighted by molar-refractivity contribution is 0.133. The molecule has 4 rings (SSSR count). The van der Waals surface area contributed by atoms with Crippen LogP contribution in [0.25, 0.3) is 10.9 Å². The molecule has 1 saturated heterocycles. The van der Waals surface area contributed by atoms with Gasteiger partial charge in [-0.1, -0.05) is 26.0 Å². The maximum absolute atomic E-state index is 5.73. The van der Waals surface area contributed by atoms with Crippen LogP contribution in [0.4, 0.5) is 0 Å². The first-order valence-corrected chi connectivity index (χ1v) is 12.3. The van der Waals surface area contributed by atoms with Crippen molar-refractivity contribution in [3.05, 3.63) is 35.0 Å². The van der Waals surface area contributed by atoms with Gasteiger partial charge in [0.15, 0.2) is 5.11 Å². The zero-order valence-electron chi connectivity index (χ0n) is 19.4. The number of piperidine rings is 1. The molecule has 4 nitrogen and oxygen atoms in total. The topological polar surface area (TPSA) is 23.4 Å². The molecule has 0 saturated carbocycles. The highest BCUT2D eigenvalue weighted by molar-refractivity contribution is 7.80. The molecule has 5 heteroatoms. The van der Waals surface area contributed by atoms with Gasteiger partial charge in [-0.25, -0.2) is 0 Å². The number of aryl methyl sites for hydroxylation is 1.